The van der Waals surface area contributed by atoms with Crippen molar-refractivity contribution in [2.24, 2.45) is 0 Å². The van der Waals surface area contributed by atoms with Gasteiger partial charge in [-0.1, -0.05) is 6.92 Å². The van der Waals surface area contributed by atoms with Gasteiger partial charge in [-0.25, -0.2) is 18.4 Å². The van der Waals surface area contributed by atoms with Crippen LogP contribution in [0.1, 0.15) is 32.3 Å². The van der Waals surface area contributed by atoms with Crippen LogP contribution in [0.15, 0.2) is 6.33 Å². The van der Waals surface area contributed by atoms with Crippen molar-refractivity contribution in [2.75, 3.05) is 28.7 Å². The summed E-state index contributed by atoms with van der Waals surface area (Å²) in [5.74, 6) is 2.07. The monoisotopic (exact) mass is 298 g/mol. The molecule has 0 spiro atoms. The quantitative estimate of drug-likeness (QED) is 0.856. The molecule has 7 heteroatoms. The molecule has 1 aliphatic rings. The van der Waals surface area contributed by atoms with Gasteiger partial charge in [-0.05, 0) is 26.2 Å². The number of aromatic nitrogens is 2. The highest BCUT2D eigenvalue weighted by atomic mass is 32.2. The van der Waals surface area contributed by atoms with E-state index >= 15 is 0 Å². The highest BCUT2D eigenvalue weighted by molar-refractivity contribution is 7.91. The van der Waals surface area contributed by atoms with Gasteiger partial charge in [0.25, 0.3) is 0 Å². The summed E-state index contributed by atoms with van der Waals surface area (Å²) in [6.07, 6.45) is 3.89. The zero-order valence-corrected chi connectivity index (χ0v) is 12.8. The first-order valence-electron chi connectivity index (χ1n) is 7.10. The van der Waals surface area contributed by atoms with E-state index in [4.69, 9.17) is 0 Å². The fourth-order valence-electron chi connectivity index (χ4n) is 2.52. The third kappa shape index (κ3) is 3.59. The van der Waals surface area contributed by atoms with Crippen molar-refractivity contribution in [3.63, 3.8) is 0 Å². The number of rotatable bonds is 5. The van der Waals surface area contributed by atoms with Crippen LogP contribution in [-0.2, 0) is 16.3 Å². The SMILES string of the molecule is CCNc1ncnc(NC2CCCS(=O)(=O)C2)c1CC. The second kappa shape index (κ2) is 6.39. The second-order valence-corrected chi connectivity index (χ2v) is 7.26. The van der Waals surface area contributed by atoms with Gasteiger partial charge < -0.3 is 10.6 Å². The molecular weight excluding hydrogens is 276 g/mol. The Morgan fingerprint density at radius 1 is 1.30 bits per heavy atom. The summed E-state index contributed by atoms with van der Waals surface area (Å²) >= 11 is 0. The average molecular weight is 298 g/mol. The molecule has 1 unspecified atom stereocenters. The third-order valence-electron chi connectivity index (χ3n) is 3.45. The Bertz CT molecular complexity index is 559. The summed E-state index contributed by atoms with van der Waals surface area (Å²) < 4.78 is 23.4. The van der Waals surface area contributed by atoms with E-state index in [2.05, 4.69) is 20.6 Å². The van der Waals surface area contributed by atoms with Gasteiger partial charge in [-0.2, -0.15) is 0 Å². The van der Waals surface area contributed by atoms with Gasteiger partial charge in [0.2, 0.25) is 0 Å². The molecule has 6 nitrogen and oxygen atoms in total. The Hall–Kier alpha value is -1.37. The summed E-state index contributed by atoms with van der Waals surface area (Å²) in [7, 11) is -2.91. The minimum atomic E-state index is -2.91. The Morgan fingerprint density at radius 3 is 2.70 bits per heavy atom. The molecule has 20 heavy (non-hydrogen) atoms. The van der Waals surface area contributed by atoms with Crippen molar-refractivity contribution in [2.45, 2.75) is 39.2 Å². The maximum atomic E-state index is 11.7. The standard InChI is InChI=1S/C13H22N4O2S/c1-3-11-12(14-4-2)15-9-16-13(11)17-10-6-5-7-20(18,19)8-10/h9-10H,3-8H2,1-2H3,(H2,14,15,16,17). The van der Waals surface area contributed by atoms with Crippen LogP contribution in [0, 0.1) is 0 Å². The molecule has 2 N–H and O–H groups in total. The lowest BCUT2D eigenvalue weighted by atomic mass is 10.1. The van der Waals surface area contributed by atoms with E-state index in [-0.39, 0.29) is 11.8 Å². The number of hydrogen-bond donors (Lipinski definition) is 2. The highest BCUT2D eigenvalue weighted by Gasteiger charge is 2.25. The fraction of sp³-hybridized carbons (Fsp3) is 0.692. The van der Waals surface area contributed by atoms with E-state index < -0.39 is 9.84 Å². The molecule has 0 aromatic carbocycles. The number of sulfone groups is 1. The molecule has 112 valence electrons. The topological polar surface area (TPSA) is 84.0 Å². The molecule has 1 aromatic rings. The average Bonchev–Trinajstić information content (AvgIpc) is 2.38. The minimum Gasteiger partial charge on any atom is -0.370 e. The Labute approximate surface area is 120 Å². The van der Waals surface area contributed by atoms with Gasteiger partial charge in [-0.3, -0.25) is 0 Å². The maximum absolute atomic E-state index is 11.7. The van der Waals surface area contributed by atoms with Crippen LogP contribution in [0.3, 0.4) is 0 Å². The summed E-state index contributed by atoms with van der Waals surface area (Å²) in [5, 5.41) is 6.50. The van der Waals surface area contributed by atoms with Crippen LogP contribution >= 0.6 is 0 Å². The van der Waals surface area contributed by atoms with Crippen LogP contribution < -0.4 is 10.6 Å². The van der Waals surface area contributed by atoms with E-state index in [1.807, 2.05) is 13.8 Å². The van der Waals surface area contributed by atoms with Crippen molar-refractivity contribution in [1.29, 1.82) is 0 Å². The van der Waals surface area contributed by atoms with Crippen LogP contribution in [0.2, 0.25) is 0 Å². The molecule has 1 saturated heterocycles. The molecule has 0 radical (unpaired) electrons. The number of nitrogens with one attached hydrogen (secondary N) is 2. The summed E-state index contributed by atoms with van der Waals surface area (Å²) in [5.41, 5.74) is 1.01. The van der Waals surface area contributed by atoms with Gasteiger partial charge in [0.15, 0.2) is 9.84 Å². The molecule has 1 aliphatic heterocycles. The van der Waals surface area contributed by atoms with Gasteiger partial charge in [0.05, 0.1) is 11.5 Å². The first-order chi connectivity index (χ1) is 9.55. The van der Waals surface area contributed by atoms with Crippen LogP contribution in [0.25, 0.3) is 0 Å². The van der Waals surface area contributed by atoms with Crippen LogP contribution in [-0.4, -0.2) is 42.5 Å². The van der Waals surface area contributed by atoms with Gasteiger partial charge in [-0.15, -0.1) is 0 Å². The van der Waals surface area contributed by atoms with Crippen molar-refractivity contribution >= 4 is 21.5 Å². The van der Waals surface area contributed by atoms with Gasteiger partial charge >= 0.3 is 0 Å². The Morgan fingerprint density at radius 2 is 2.05 bits per heavy atom. The lowest BCUT2D eigenvalue weighted by Crippen LogP contribution is -2.35. The summed E-state index contributed by atoms with van der Waals surface area (Å²) in [6.45, 7) is 4.85. The van der Waals surface area contributed by atoms with Crippen molar-refractivity contribution in [3.8, 4) is 0 Å². The molecule has 1 fully saturated rings. The predicted octanol–water partition coefficient (Wildman–Crippen LogP) is 1.46. The Balaban J connectivity index is 2.18. The fourth-order valence-corrected chi connectivity index (χ4v) is 4.16. The lowest BCUT2D eigenvalue weighted by molar-refractivity contribution is 0.561. The van der Waals surface area contributed by atoms with E-state index in [1.165, 1.54) is 6.33 Å². The zero-order chi connectivity index (χ0) is 14.6. The summed E-state index contributed by atoms with van der Waals surface area (Å²) in [4.78, 5) is 8.52. The normalized spacial score (nSPS) is 21.4. The molecule has 1 atom stereocenters. The van der Waals surface area contributed by atoms with E-state index in [0.29, 0.717) is 12.2 Å². The van der Waals surface area contributed by atoms with Gasteiger partial charge in [0.1, 0.15) is 18.0 Å². The number of anilines is 2. The molecule has 0 bridgehead atoms. The largest absolute Gasteiger partial charge is 0.370 e. The molecular formula is C13H22N4O2S. The molecule has 1 aromatic heterocycles. The third-order valence-corrected chi connectivity index (χ3v) is 5.27. The molecule has 0 amide bonds. The zero-order valence-electron chi connectivity index (χ0n) is 12.0. The summed E-state index contributed by atoms with van der Waals surface area (Å²) in [6, 6.07) is -0.0524. The van der Waals surface area contributed by atoms with E-state index in [1.54, 1.807) is 0 Å². The Kier molecular flexibility index (Phi) is 4.80. The van der Waals surface area contributed by atoms with Gasteiger partial charge in [0, 0.05) is 18.2 Å². The molecule has 2 rings (SSSR count). The predicted molar refractivity (Wildman–Crippen MR) is 80.9 cm³/mol. The maximum Gasteiger partial charge on any atom is 0.152 e. The van der Waals surface area contributed by atoms with E-state index in [0.717, 1.165) is 36.6 Å². The molecule has 0 saturated carbocycles. The van der Waals surface area contributed by atoms with Crippen LogP contribution in [0.4, 0.5) is 11.6 Å². The van der Waals surface area contributed by atoms with Crippen molar-refractivity contribution in [3.05, 3.63) is 11.9 Å². The lowest BCUT2D eigenvalue weighted by Gasteiger charge is -2.24. The molecule has 0 aliphatic carbocycles. The first-order valence-corrected chi connectivity index (χ1v) is 8.92. The second-order valence-electron chi connectivity index (χ2n) is 5.03. The first kappa shape index (κ1) is 15.0. The van der Waals surface area contributed by atoms with Crippen molar-refractivity contribution < 1.29 is 8.42 Å². The highest BCUT2D eigenvalue weighted by Crippen LogP contribution is 2.23. The number of hydrogen-bond acceptors (Lipinski definition) is 6. The van der Waals surface area contributed by atoms with Crippen LogP contribution in [0.5, 0.6) is 0 Å². The smallest absolute Gasteiger partial charge is 0.152 e. The molecule has 2 heterocycles. The minimum absolute atomic E-state index is 0.0524. The van der Waals surface area contributed by atoms with Crippen molar-refractivity contribution in [1.82, 2.24) is 9.97 Å². The van der Waals surface area contributed by atoms with E-state index in [9.17, 15) is 8.42 Å². The number of nitrogens with zero attached hydrogens (tertiary/aromatic N) is 2.